The fraction of sp³-hybridized carbons (Fsp3) is 0.400. The molecule has 0 amide bonds. The van der Waals surface area contributed by atoms with E-state index in [4.69, 9.17) is 0 Å². The molecule has 0 fully saturated rings. The fourth-order valence-electron chi connectivity index (χ4n) is 2.51. The first-order chi connectivity index (χ1) is 10.9. The molecule has 0 heterocycles. The van der Waals surface area contributed by atoms with Gasteiger partial charge in [0.2, 0.25) is 0 Å². The molecule has 0 saturated heterocycles. The van der Waals surface area contributed by atoms with Crippen LogP contribution in [0.2, 0.25) is 0 Å². The van der Waals surface area contributed by atoms with Crippen LogP contribution in [0.3, 0.4) is 0 Å². The van der Waals surface area contributed by atoms with Crippen LogP contribution in [0.4, 0.5) is 0 Å². The van der Waals surface area contributed by atoms with Gasteiger partial charge in [-0.25, -0.2) is 0 Å². The van der Waals surface area contributed by atoms with Crippen molar-refractivity contribution in [2.75, 3.05) is 13.1 Å². The molecule has 0 aliphatic heterocycles. The molecule has 2 N–H and O–H groups in total. The van der Waals surface area contributed by atoms with Gasteiger partial charge in [0.1, 0.15) is 0 Å². The Balaban J connectivity index is 0.00000264. The molecule has 2 aromatic rings. The van der Waals surface area contributed by atoms with Crippen molar-refractivity contribution < 1.29 is 0 Å². The predicted octanol–water partition coefficient (Wildman–Crippen LogP) is 3.75. The topological polar surface area (TPSA) is 24.1 Å². The zero-order valence-corrected chi connectivity index (χ0v) is 16.4. The van der Waals surface area contributed by atoms with Crippen LogP contribution in [0.25, 0.3) is 0 Å². The number of hydrogen-bond acceptors (Lipinski definition) is 2. The molecular formula is C20H28N2Na. The Kier molecular flexibility index (Phi) is 12.2. The minimum atomic E-state index is 0. The molecule has 0 bridgehead atoms. The molecule has 0 spiro atoms. The molecule has 119 valence electrons. The van der Waals surface area contributed by atoms with Crippen LogP contribution < -0.4 is 10.6 Å². The molecule has 0 unspecified atom stereocenters. The van der Waals surface area contributed by atoms with Gasteiger partial charge in [0.05, 0.1) is 0 Å². The van der Waals surface area contributed by atoms with Crippen LogP contribution >= 0.6 is 0 Å². The molecule has 0 saturated carbocycles. The van der Waals surface area contributed by atoms with E-state index in [1.54, 1.807) is 0 Å². The van der Waals surface area contributed by atoms with Gasteiger partial charge in [-0.15, -0.1) is 0 Å². The van der Waals surface area contributed by atoms with Crippen molar-refractivity contribution in [1.29, 1.82) is 0 Å². The summed E-state index contributed by atoms with van der Waals surface area (Å²) in [6.07, 6.45) is 5.17. The Morgan fingerprint density at radius 2 is 0.913 bits per heavy atom. The molecule has 1 radical (unpaired) electrons. The Labute approximate surface area is 163 Å². The maximum absolute atomic E-state index is 3.51. The summed E-state index contributed by atoms with van der Waals surface area (Å²) in [4.78, 5) is 0. The summed E-state index contributed by atoms with van der Waals surface area (Å²) < 4.78 is 0. The van der Waals surface area contributed by atoms with Crippen LogP contribution in [0.15, 0.2) is 60.7 Å². The Morgan fingerprint density at radius 1 is 0.522 bits per heavy atom. The zero-order valence-electron chi connectivity index (χ0n) is 14.4. The summed E-state index contributed by atoms with van der Waals surface area (Å²) in [7, 11) is 0. The first-order valence-electron chi connectivity index (χ1n) is 8.44. The average molecular weight is 319 g/mol. The summed E-state index contributed by atoms with van der Waals surface area (Å²) in [6, 6.07) is 21.2. The smallest absolute Gasteiger partial charge is 0.0205 e. The molecule has 2 nitrogen and oxygen atoms in total. The minimum Gasteiger partial charge on any atom is -0.313 e. The van der Waals surface area contributed by atoms with Crippen LogP contribution in [-0.4, -0.2) is 42.6 Å². The molecule has 3 heteroatoms. The first kappa shape index (κ1) is 20.4. The van der Waals surface area contributed by atoms with Crippen molar-refractivity contribution in [1.82, 2.24) is 10.6 Å². The molecular weight excluding hydrogens is 291 g/mol. The first-order valence-corrected chi connectivity index (χ1v) is 8.44. The third-order valence-corrected chi connectivity index (χ3v) is 3.80. The molecule has 2 rings (SSSR count). The third kappa shape index (κ3) is 9.95. The summed E-state index contributed by atoms with van der Waals surface area (Å²) in [5, 5.41) is 7.02. The summed E-state index contributed by atoms with van der Waals surface area (Å²) >= 11 is 0. The number of rotatable bonds is 11. The molecule has 0 aromatic heterocycles. The summed E-state index contributed by atoms with van der Waals surface area (Å²) in [5.74, 6) is 0. The van der Waals surface area contributed by atoms with Crippen molar-refractivity contribution >= 4 is 29.6 Å². The molecule has 0 aliphatic carbocycles. The maximum Gasteiger partial charge on any atom is 0.0205 e. The standard InChI is InChI=1S/C20H28N2.Na/c1(9-15-21-17-19-11-5-3-6-12-19)2-10-16-22-18-20-13-7-4-8-14-20;/h3-8,11-14,21-22H,1-2,9-10,15-18H2;. The monoisotopic (exact) mass is 319 g/mol. The summed E-state index contributed by atoms with van der Waals surface area (Å²) in [5.41, 5.74) is 2.74. The van der Waals surface area contributed by atoms with Gasteiger partial charge < -0.3 is 10.6 Å². The van der Waals surface area contributed by atoms with E-state index in [1.165, 1.54) is 36.8 Å². The molecule has 2 aromatic carbocycles. The molecule has 0 atom stereocenters. The van der Waals surface area contributed by atoms with Crippen molar-refractivity contribution in [3.63, 3.8) is 0 Å². The minimum absolute atomic E-state index is 0. The van der Waals surface area contributed by atoms with E-state index < -0.39 is 0 Å². The van der Waals surface area contributed by atoms with Gasteiger partial charge in [0, 0.05) is 42.6 Å². The summed E-state index contributed by atoms with van der Waals surface area (Å²) in [6.45, 7) is 4.21. The number of benzene rings is 2. The van der Waals surface area contributed by atoms with Gasteiger partial charge in [-0.3, -0.25) is 0 Å². The second kappa shape index (κ2) is 13.8. The molecule has 23 heavy (non-hydrogen) atoms. The van der Waals surface area contributed by atoms with Gasteiger partial charge in [-0.1, -0.05) is 73.5 Å². The number of hydrogen-bond donors (Lipinski definition) is 2. The number of nitrogens with one attached hydrogen (secondary N) is 2. The zero-order chi connectivity index (χ0) is 15.3. The van der Waals surface area contributed by atoms with Crippen molar-refractivity contribution in [3.05, 3.63) is 71.8 Å². The van der Waals surface area contributed by atoms with E-state index in [-0.39, 0.29) is 29.6 Å². The Hall–Kier alpha value is -0.640. The van der Waals surface area contributed by atoms with Crippen molar-refractivity contribution in [2.45, 2.75) is 38.8 Å². The van der Waals surface area contributed by atoms with Crippen LogP contribution in [0.1, 0.15) is 36.8 Å². The molecule has 0 aliphatic rings. The maximum atomic E-state index is 3.51. The largest absolute Gasteiger partial charge is 0.313 e. The normalized spacial score (nSPS) is 10.3. The van der Waals surface area contributed by atoms with Crippen LogP contribution in [-0.2, 0) is 13.1 Å². The second-order valence-corrected chi connectivity index (χ2v) is 5.74. The van der Waals surface area contributed by atoms with Gasteiger partial charge in [0.25, 0.3) is 0 Å². The van der Waals surface area contributed by atoms with Crippen LogP contribution in [0.5, 0.6) is 0 Å². The van der Waals surface area contributed by atoms with Gasteiger partial charge in [-0.2, -0.15) is 0 Å². The SMILES string of the molecule is [Na].c1ccc(CNCCCCCCNCc2ccccc2)cc1. The Bertz CT molecular complexity index is 440. The van der Waals surface area contributed by atoms with Crippen molar-refractivity contribution in [2.24, 2.45) is 0 Å². The van der Waals surface area contributed by atoms with E-state index in [0.29, 0.717) is 0 Å². The van der Waals surface area contributed by atoms with E-state index >= 15 is 0 Å². The average Bonchev–Trinajstić information content (AvgIpc) is 2.58. The van der Waals surface area contributed by atoms with E-state index in [0.717, 1.165) is 26.2 Å². The Morgan fingerprint density at radius 3 is 1.30 bits per heavy atom. The van der Waals surface area contributed by atoms with Gasteiger partial charge >= 0.3 is 0 Å². The quantitative estimate of drug-likeness (QED) is 0.487. The van der Waals surface area contributed by atoms with E-state index in [9.17, 15) is 0 Å². The van der Waals surface area contributed by atoms with E-state index in [1.807, 2.05) is 0 Å². The van der Waals surface area contributed by atoms with Crippen molar-refractivity contribution in [3.8, 4) is 0 Å². The number of unbranched alkanes of at least 4 members (excludes halogenated alkanes) is 3. The van der Waals surface area contributed by atoms with Gasteiger partial charge in [0.15, 0.2) is 0 Å². The van der Waals surface area contributed by atoms with Gasteiger partial charge in [-0.05, 0) is 37.1 Å². The van der Waals surface area contributed by atoms with Crippen LogP contribution in [0, 0.1) is 0 Å². The third-order valence-electron chi connectivity index (χ3n) is 3.80. The van der Waals surface area contributed by atoms with E-state index in [2.05, 4.69) is 71.3 Å². The second-order valence-electron chi connectivity index (χ2n) is 5.74. The predicted molar refractivity (Wildman–Crippen MR) is 101 cm³/mol. The fourth-order valence-corrected chi connectivity index (χ4v) is 2.51.